The summed E-state index contributed by atoms with van der Waals surface area (Å²) >= 11 is 1.34. The fraction of sp³-hybridized carbons (Fsp3) is 0.214. The van der Waals surface area contributed by atoms with Crippen LogP contribution in [0.3, 0.4) is 0 Å². The second kappa shape index (κ2) is 10.4. The predicted molar refractivity (Wildman–Crippen MR) is 140 cm³/mol. The van der Waals surface area contributed by atoms with Crippen LogP contribution in [0.15, 0.2) is 77.7 Å². The quantitative estimate of drug-likeness (QED) is 0.394. The Kier molecular flexibility index (Phi) is 6.86. The van der Waals surface area contributed by atoms with Crippen molar-refractivity contribution in [2.45, 2.75) is 30.6 Å². The van der Waals surface area contributed by atoms with E-state index in [0.29, 0.717) is 42.7 Å². The van der Waals surface area contributed by atoms with Crippen molar-refractivity contribution in [1.82, 2.24) is 0 Å². The van der Waals surface area contributed by atoms with Gasteiger partial charge in [0, 0.05) is 35.7 Å². The minimum absolute atomic E-state index is 0.0116. The number of rotatable bonds is 6. The van der Waals surface area contributed by atoms with Gasteiger partial charge in [-0.1, -0.05) is 30.3 Å². The topological polar surface area (TPSA) is 86.8 Å². The Balaban J connectivity index is 1.24. The van der Waals surface area contributed by atoms with Crippen molar-refractivity contribution in [3.63, 3.8) is 0 Å². The predicted octanol–water partition coefficient (Wildman–Crippen LogP) is 4.66. The van der Waals surface area contributed by atoms with Gasteiger partial charge < -0.3 is 10.2 Å². The van der Waals surface area contributed by atoms with E-state index in [0.717, 1.165) is 17.0 Å². The number of hydrogen-bond donors (Lipinski definition) is 1. The Morgan fingerprint density at radius 3 is 2.31 bits per heavy atom. The van der Waals surface area contributed by atoms with Gasteiger partial charge >= 0.3 is 0 Å². The summed E-state index contributed by atoms with van der Waals surface area (Å²) in [7, 11) is 0. The second-order valence-corrected chi connectivity index (χ2v) is 9.70. The van der Waals surface area contributed by atoms with E-state index in [1.54, 1.807) is 36.4 Å². The molecule has 0 aromatic heterocycles. The van der Waals surface area contributed by atoms with E-state index >= 15 is 0 Å². The molecule has 0 spiro atoms. The van der Waals surface area contributed by atoms with Crippen LogP contribution in [0.2, 0.25) is 0 Å². The summed E-state index contributed by atoms with van der Waals surface area (Å²) in [5, 5.41) is 2.87. The molecule has 0 bridgehead atoms. The highest BCUT2D eigenvalue weighted by atomic mass is 32.2. The number of carbonyl (C=O) groups excluding carboxylic acids is 4. The lowest BCUT2D eigenvalue weighted by Gasteiger charge is -2.25. The maximum Gasteiger partial charge on any atom is 0.256 e. The molecule has 0 saturated carbocycles. The average molecular weight is 500 g/mol. The first-order valence-corrected chi connectivity index (χ1v) is 12.9. The third kappa shape index (κ3) is 4.90. The van der Waals surface area contributed by atoms with Crippen molar-refractivity contribution in [3.05, 3.63) is 83.9 Å². The molecule has 36 heavy (non-hydrogen) atoms. The molecule has 0 unspecified atom stereocenters. The smallest absolute Gasteiger partial charge is 0.256 e. The SMILES string of the molecule is O=C(Nc1ccc(N2C(=O)CCCC2=O)cc1)c1ccccc1SCC(=O)N1CCc2ccccc21. The minimum atomic E-state index is -0.296. The van der Waals surface area contributed by atoms with Gasteiger partial charge in [-0.05, 0) is 60.9 Å². The van der Waals surface area contributed by atoms with Gasteiger partial charge in [0.25, 0.3) is 5.91 Å². The molecule has 0 aliphatic carbocycles. The number of carbonyl (C=O) groups is 4. The van der Waals surface area contributed by atoms with Crippen molar-refractivity contribution < 1.29 is 19.2 Å². The van der Waals surface area contributed by atoms with E-state index in [1.165, 1.54) is 22.2 Å². The molecule has 2 aliphatic rings. The number of hydrogen-bond acceptors (Lipinski definition) is 5. The third-order valence-electron chi connectivity index (χ3n) is 6.33. The maximum absolute atomic E-state index is 13.1. The van der Waals surface area contributed by atoms with E-state index in [9.17, 15) is 19.2 Å². The molecule has 1 N–H and O–H groups in total. The van der Waals surface area contributed by atoms with Crippen LogP contribution in [0.4, 0.5) is 17.1 Å². The highest BCUT2D eigenvalue weighted by Crippen LogP contribution is 2.30. The first-order valence-electron chi connectivity index (χ1n) is 11.9. The van der Waals surface area contributed by atoms with Crippen molar-refractivity contribution in [2.75, 3.05) is 27.4 Å². The van der Waals surface area contributed by atoms with Crippen LogP contribution in [0.5, 0.6) is 0 Å². The summed E-state index contributed by atoms with van der Waals surface area (Å²) in [5.41, 5.74) is 3.66. The molecule has 3 aromatic carbocycles. The summed E-state index contributed by atoms with van der Waals surface area (Å²) in [4.78, 5) is 54.0. The van der Waals surface area contributed by atoms with Crippen LogP contribution >= 0.6 is 11.8 Å². The summed E-state index contributed by atoms with van der Waals surface area (Å²) in [6.07, 6.45) is 2.14. The van der Waals surface area contributed by atoms with E-state index < -0.39 is 0 Å². The molecule has 8 heteroatoms. The molecule has 0 radical (unpaired) electrons. The zero-order chi connectivity index (χ0) is 25.1. The van der Waals surface area contributed by atoms with Crippen LogP contribution in [0.1, 0.15) is 35.2 Å². The highest BCUT2D eigenvalue weighted by molar-refractivity contribution is 8.00. The van der Waals surface area contributed by atoms with Gasteiger partial charge in [-0.2, -0.15) is 0 Å². The number of imide groups is 1. The van der Waals surface area contributed by atoms with Gasteiger partial charge in [0.15, 0.2) is 0 Å². The molecular weight excluding hydrogens is 474 g/mol. The largest absolute Gasteiger partial charge is 0.322 e. The Morgan fingerprint density at radius 2 is 1.53 bits per heavy atom. The lowest BCUT2D eigenvalue weighted by molar-refractivity contribution is -0.129. The number of thioether (sulfide) groups is 1. The van der Waals surface area contributed by atoms with Crippen molar-refractivity contribution in [1.29, 1.82) is 0 Å². The molecule has 7 nitrogen and oxygen atoms in total. The van der Waals surface area contributed by atoms with Crippen LogP contribution in [0, 0.1) is 0 Å². The molecule has 2 aliphatic heterocycles. The normalized spacial score (nSPS) is 15.1. The van der Waals surface area contributed by atoms with E-state index in [4.69, 9.17) is 0 Å². The Bertz CT molecular complexity index is 1320. The molecule has 3 aromatic rings. The van der Waals surface area contributed by atoms with Gasteiger partial charge in [0.1, 0.15) is 0 Å². The Morgan fingerprint density at radius 1 is 0.833 bits per heavy atom. The highest BCUT2D eigenvalue weighted by Gasteiger charge is 2.27. The fourth-order valence-corrected chi connectivity index (χ4v) is 5.45. The molecule has 1 fully saturated rings. The number of fused-ring (bicyclic) bond motifs is 1. The second-order valence-electron chi connectivity index (χ2n) is 8.69. The van der Waals surface area contributed by atoms with E-state index in [2.05, 4.69) is 5.32 Å². The number of para-hydroxylation sites is 1. The Labute approximate surface area is 213 Å². The first kappa shape index (κ1) is 23.8. The Hall–Kier alpha value is -3.91. The molecular formula is C28H25N3O4S. The van der Waals surface area contributed by atoms with Crippen LogP contribution in [-0.2, 0) is 20.8 Å². The van der Waals surface area contributed by atoms with E-state index in [1.807, 2.05) is 41.3 Å². The molecule has 5 rings (SSSR count). The standard InChI is InChI=1S/C28H25N3O4S/c32-25-10-5-11-26(33)31(25)21-14-12-20(13-15-21)29-28(35)22-7-2-4-9-24(22)36-18-27(34)30-17-16-19-6-1-3-8-23(19)30/h1-4,6-9,12-15H,5,10-11,16-18H2,(H,29,35). The lowest BCUT2D eigenvalue weighted by Crippen LogP contribution is -2.40. The fourth-order valence-electron chi connectivity index (χ4n) is 4.53. The van der Waals surface area contributed by atoms with Crippen LogP contribution < -0.4 is 15.1 Å². The number of nitrogens with one attached hydrogen (secondary N) is 1. The zero-order valence-electron chi connectivity index (χ0n) is 19.6. The van der Waals surface area contributed by atoms with Gasteiger partial charge in [0.05, 0.1) is 17.0 Å². The molecule has 0 atom stereocenters. The van der Waals surface area contributed by atoms with Crippen molar-refractivity contribution in [3.8, 4) is 0 Å². The zero-order valence-corrected chi connectivity index (χ0v) is 20.4. The van der Waals surface area contributed by atoms with Crippen LogP contribution in [-0.4, -0.2) is 35.9 Å². The number of anilines is 3. The summed E-state index contributed by atoms with van der Waals surface area (Å²) in [6, 6.07) is 21.8. The first-order chi connectivity index (χ1) is 17.5. The number of amides is 4. The minimum Gasteiger partial charge on any atom is -0.322 e. The van der Waals surface area contributed by atoms with Crippen molar-refractivity contribution >= 4 is 52.5 Å². The maximum atomic E-state index is 13.1. The van der Waals surface area contributed by atoms with E-state index in [-0.39, 0.29) is 29.4 Å². The molecule has 4 amide bonds. The summed E-state index contributed by atoms with van der Waals surface area (Å²) in [6.45, 7) is 0.672. The van der Waals surface area contributed by atoms with Gasteiger partial charge in [-0.3, -0.25) is 24.1 Å². The number of benzene rings is 3. The third-order valence-corrected chi connectivity index (χ3v) is 7.39. The number of piperidine rings is 1. The molecule has 2 heterocycles. The van der Waals surface area contributed by atoms with Gasteiger partial charge in [0.2, 0.25) is 17.7 Å². The summed E-state index contributed by atoms with van der Waals surface area (Å²) < 4.78 is 0. The molecule has 1 saturated heterocycles. The monoisotopic (exact) mass is 499 g/mol. The molecule has 182 valence electrons. The average Bonchev–Trinajstić information content (AvgIpc) is 3.33. The lowest BCUT2D eigenvalue weighted by atomic mass is 10.1. The van der Waals surface area contributed by atoms with Crippen LogP contribution in [0.25, 0.3) is 0 Å². The van der Waals surface area contributed by atoms with Gasteiger partial charge in [-0.15, -0.1) is 11.8 Å². The number of nitrogens with zero attached hydrogens (tertiary/aromatic N) is 2. The summed E-state index contributed by atoms with van der Waals surface area (Å²) in [5.74, 6) is -0.472. The van der Waals surface area contributed by atoms with Crippen molar-refractivity contribution in [2.24, 2.45) is 0 Å². The van der Waals surface area contributed by atoms with Gasteiger partial charge in [-0.25, -0.2) is 0 Å².